The van der Waals surface area contributed by atoms with Gasteiger partial charge in [-0.25, -0.2) is 0 Å². The van der Waals surface area contributed by atoms with Crippen LogP contribution in [0.4, 0.5) is 0 Å². The van der Waals surface area contributed by atoms with Crippen molar-refractivity contribution in [2.45, 2.75) is 398 Å². The van der Waals surface area contributed by atoms with Crippen molar-refractivity contribution in [2.24, 2.45) is 0 Å². The summed E-state index contributed by atoms with van der Waals surface area (Å²) in [6.07, 6.45) is 78.5. The smallest absolute Gasteiger partial charge is 0.305 e. The molecule has 1 amide bonds. The Morgan fingerprint density at radius 2 is 0.622 bits per heavy atom. The minimum absolute atomic E-state index is 0.0121. The minimum atomic E-state index is -0.846. The Hall–Kier alpha value is -1.40. The van der Waals surface area contributed by atoms with Crippen molar-refractivity contribution in [3.05, 3.63) is 12.2 Å². The van der Waals surface area contributed by atoms with Crippen molar-refractivity contribution < 1.29 is 24.5 Å². The topological polar surface area (TPSA) is 95.9 Å². The average Bonchev–Trinajstić information content (AvgIpc) is 3.40. The number of aliphatic hydroxyl groups is 2. The summed E-state index contributed by atoms with van der Waals surface area (Å²) in [6.45, 7) is 4.94. The second-order valence-corrected chi connectivity index (χ2v) is 23.5. The van der Waals surface area contributed by atoms with Gasteiger partial charge in [0.15, 0.2) is 0 Å². The van der Waals surface area contributed by atoms with Crippen LogP contribution in [0, 0.1) is 0 Å². The van der Waals surface area contributed by atoms with Gasteiger partial charge in [0.2, 0.25) is 5.91 Å². The van der Waals surface area contributed by atoms with E-state index in [1.54, 1.807) is 6.08 Å². The molecule has 0 aromatic heterocycles. The summed E-state index contributed by atoms with van der Waals surface area (Å²) in [7, 11) is 0. The molecule has 0 saturated heterocycles. The summed E-state index contributed by atoms with van der Waals surface area (Å²) in [5, 5.41) is 23.3. The minimum Gasteiger partial charge on any atom is -0.466 e. The van der Waals surface area contributed by atoms with Crippen LogP contribution < -0.4 is 5.32 Å². The third kappa shape index (κ3) is 59.8. The van der Waals surface area contributed by atoms with E-state index in [1.165, 1.54) is 321 Å². The lowest BCUT2D eigenvalue weighted by Crippen LogP contribution is -2.45. The zero-order valence-corrected chi connectivity index (χ0v) is 50.4. The molecule has 0 aliphatic carbocycles. The first-order chi connectivity index (χ1) is 36.5. The van der Waals surface area contributed by atoms with Crippen LogP contribution in [0.1, 0.15) is 386 Å². The van der Waals surface area contributed by atoms with Crippen molar-refractivity contribution >= 4 is 11.9 Å². The Kier molecular flexibility index (Phi) is 62.9. The molecule has 0 aromatic rings. The molecule has 0 bridgehead atoms. The maximum atomic E-state index is 12.5. The van der Waals surface area contributed by atoms with Gasteiger partial charge >= 0.3 is 5.97 Å². The molecule has 0 radical (unpaired) electrons. The fraction of sp³-hybridized carbons (Fsp3) is 0.941. The molecule has 0 aliphatic heterocycles. The molecule has 0 spiro atoms. The van der Waals surface area contributed by atoms with Crippen LogP contribution in [0.25, 0.3) is 0 Å². The van der Waals surface area contributed by atoms with Crippen molar-refractivity contribution in [1.29, 1.82) is 0 Å². The molecule has 0 aromatic carbocycles. The first-order valence-electron chi connectivity index (χ1n) is 34.0. The van der Waals surface area contributed by atoms with Gasteiger partial charge in [0.25, 0.3) is 0 Å². The molecule has 6 heteroatoms. The zero-order valence-electron chi connectivity index (χ0n) is 50.4. The van der Waals surface area contributed by atoms with Gasteiger partial charge in [-0.1, -0.05) is 353 Å². The SMILES string of the molecule is CCCCCCCCCCCCCCCCCCCCCCCCC/C=C/C(O)C(CO)NC(=O)CCCCCCCCCCCCCCCCCCCCCCCOC(=O)CCCCCCCCCCCCC. The first kappa shape index (κ1) is 72.6. The number of carbonyl (C=O) groups is 2. The molecule has 440 valence electrons. The molecule has 74 heavy (non-hydrogen) atoms. The Morgan fingerprint density at radius 1 is 0.365 bits per heavy atom. The van der Waals surface area contributed by atoms with Gasteiger partial charge in [0.1, 0.15) is 0 Å². The predicted molar refractivity (Wildman–Crippen MR) is 324 cm³/mol. The number of hydrogen-bond donors (Lipinski definition) is 3. The van der Waals surface area contributed by atoms with Gasteiger partial charge in [0, 0.05) is 12.8 Å². The summed E-state index contributed by atoms with van der Waals surface area (Å²) >= 11 is 0. The molecule has 2 unspecified atom stereocenters. The highest BCUT2D eigenvalue weighted by atomic mass is 16.5. The van der Waals surface area contributed by atoms with Crippen LogP contribution in [-0.4, -0.2) is 47.4 Å². The van der Waals surface area contributed by atoms with Crippen LogP contribution in [0.15, 0.2) is 12.2 Å². The Labute approximate surface area is 463 Å². The third-order valence-electron chi connectivity index (χ3n) is 16.1. The second kappa shape index (κ2) is 64.1. The van der Waals surface area contributed by atoms with Gasteiger partial charge < -0.3 is 20.3 Å². The largest absolute Gasteiger partial charge is 0.466 e. The molecular weight excluding hydrogens is 911 g/mol. The number of esters is 1. The highest BCUT2D eigenvalue weighted by Crippen LogP contribution is 2.19. The van der Waals surface area contributed by atoms with E-state index in [0.717, 1.165) is 38.5 Å². The molecule has 0 aliphatic rings. The van der Waals surface area contributed by atoms with E-state index in [4.69, 9.17) is 4.74 Å². The standard InChI is InChI=1S/C68H133NO5/c1-3-5-7-9-11-13-15-16-17-18-19-20-21-22-23-25-28-31-34-37-41-44-48-52-56-60-66(71)65(64-70)69-67(72)61-57-53-49-45-42-38-35-32-29-26-24-27-30-33-36-39-43-47-51-55-59-63-74-68(73)62-58-54-50-46-40-14-12-10-8-6-4-2/h56,60,65-66,70-71H,3-55,57-59,61-64H2,1-2H3,(H,69,72)/b60-56+. The Morgan fingerprint density at radius 3 is 0.919 bits per heavy atom. The monoisotopic (exact) mass is 1040 g/mol. The van der Waals surface area contributed by atoms with E-state index in [-0.39, 0.29) is 18.5 Å². The van der Waals surface area contributed by atoms with Gasteiger partial charge in [-0.15, -0.1) is 0 Å². The maximum Gasteiger partial charge on any atom is 0.305 e. The van der Waals surface area contributed by atoms with Gasteiger partial charge in [-0.2, -0.15) is 0 Å². The molecule has 0 saturated carbocycles. The number of unbranched alkanes of at least 4 members (excludes halogenated alkanes) is 53. The van der Waals surface area contributed by atoms with Crippen LogP contribution in [0.5, 0.6) is 0 Å². The van der Waals surface area contributed by atoms with Crippen LogP contribution in [0.3, 0.4) is 0 Å². The third-order valence-corrected chi connectivity index (χ3v) is 16.1. The van der Waals surface area contributed by atoms with E-state index in [0.29, 0.717) is 19.4 Å². The second-order valence-electron chi connectivity index (χ2n) is 23.5. The highest BCUT2D eigenvalue weighted by Gasteiger charge is 2.18. The zero-order chi connectivity index (χ0) is 53.6. The summed E-state index contributed by atoms with van der Waals surface area (Å²) in [6, 6.07) is -0.629. The van der Waals surface area contributed by atoms with Crippen molar-refractivity contribution in [3.63, 3.8) is 0 Å². The molecule has 0 fully saturated rings. The van der Waals surface area contributed by atoms with Gasteiger partial charge in [-0.3, -0.25) is 9.59 Å². The Balaban J connectivity index is 3.42. The number of amides is 1. The number of hydrogen-bond acceptors (Lipinski definition) is 5. The molecule has 6 nitrogen and oxygen atoms in total. The first-order valence-corrected chi connectivity index (χ1v) is 34.0. The normalized spacial score (nSPS) is 12.5. The number of rotatable bonds is 64. The Bertz CT molecular complexity index is 1110. The van der Waals surface area contributed by atoms with E-state index < -0.39 is 12.1 Å². The summed E-state index contributed by atoms with van der Waals surface area (Å²) in [5.41, 5.74) is 0. The van der Waals surface area contributed by atoms with Crippen LogP contribution in [-0.2, 0) is 14.3 Å². The quantitative estimate of drug-likeness (QED) is 0.0320. The molecule has 0 heterocycles. The van der Waals surface area contributed by atoms with Gasteiger partial charge in [-0.05, 0) is 32.1 Å². The van der Waals surface area contributed by atoms with Crippen molar-refractivity contribution in [2.75, 3.05) is 13.2 Å². The van der Waals surface area contributed by atoms with Crippen LogP contribution in [0.2, 0.25) is 0 Å². The van der Waals surface area contributed by atoms with Gasteiger partial charge in [0.05, 0.1) is 25.4 Å². The number of allylic oxidation sites excluding steroid dienone is 1. The lowest BCUT2D eigenvalue weighted by Gasteiger charge is -2.20. The number of carbonyl (C=O) groups excluding carboxylic acids is 2. The van der Waals surface area contributed by atoms with Crippen LogP contribution >= 0.6 is 0 Å². The maximum absolute atomic E-state index is 12.5. The lowest BCUT2D eigenvalue weighted by atomic mass is 10.0. The van der Waals surface area contributed by atoms with Crippen molar-refractivity contribution in [3.8, 4) is 0 Å². The highest BCUT2D eigenvalue weighted by molar-refractivity contribution is 5.76. The molecule has 0 rings (SSSR count). The van der Waals surface area contributed by atoms with E-state index in [9.17, 15) is 19.8 Å². The fourth-order valence-corrected chi connectivity index (χ4v) is 10.9. The van der Waals surface area contributed by atoms with E-state index in [2.05, 4.69) is 19.2 Å². The molecule has 3 N–H and O–H groups in total. The molecular formula is C68H133NO5. The average molecular weight is 1040 g/mol. The molecule has 2 atom stereocenters. The predicted octanol–water partition coefficient (Wildman–Crippen LogP) is 21.6. The number of ether oxygens (including phenoxy) is 1. The van der Waals surface area contributed by atoms with Crippen molar-refractivity contribution in [1.82, 2.24) is 5.32 Å². The summed E-state index contributed by atoms with van der Waals surface area (Å²) in [5.74, 6) is -0.0519. The summed E-state index contributed by atoms with van der Waals surface area (Å²) < 4.78 is 5.47. The number of aliphatic hydroxyl groups excluding tert-OH is 2. The summed E-state index contributed by atoms with van der Waals surface area (Å²) in [4.78, 5) is 24.5. The van der Waals surface area contributed by atoms with E-state index >= 15 is 0 Å². The lowest BCUT2D eigenvalue weighted by molar-refractivity contribution is -0.143. The van der Waals surface area contributed by atoms with E-state index in [1.807, 2.05) is 6.08 Å². The number of nitrogens with one attached hydrogen (secondary N) is 1. The fourth-order valence-electron chi connectivity index (χ4n) is 10.9.